The number of carboxylic acids is 1. The molecule has 8 heteroatoms. The lowest BCUT2D eigenvalue weighted by molar-refractivity contribution is -0.141. The Kier molecular flexibility index (Phi) is 7.89. The van der Waals surface area contributed by atoms with Crippen LogP contribution in [-0.4, -0.2) is 51.2 Å². The molecule has 4 rings (SSSR count). The Labute approximate surface area is 216 Å². The van der Waals surface area contributed by atoms with Crippen LogP contribution in [0.1, 0.15) is 37.8 Å². The number of carbonyl (C=O) groups is 2. The maximum absolute atomic E-state index is 13.6. The number of carboxylic acid groups (broad SMARTS) is 1. The lowest BCUT2D eigenvalue weighted by atomic mass is 9.79. The number of imidazole rings is 1. The maximum Gasteiger partial charge on any atom is 0.336 e. The molecule has 37 heavy (non-hydrogen) atoms. The van der Waals surface area contributed by atoms with E-state index in [2.05, 4.69) is 27.3 Å². The van der Waals surface area contributed by atoms with Crippen molar-refractivity contribution in [3.05, 3.63) is 107 Å². The standard InChI is InChI=1S/C29H32N4O4/c1-19(32(4)16-22-10-6-5-7-11-22)17-37-29(36)26-21(3)31-20(2)25(28(34)35)27(26)23-12-8-9-13-24(23)33-15-14-30-18-33/h5-15,18-19,27,31H,16-17H2,1-4H3,(H,34,35). The van der Waals surface area contributed by atoms with Crippen molar-refractivity contribution in [3.8, 4) is 5.69 Å². The van der Waals surface area contributed by atoms with Crippen molar-refractivity contribution in [2.24, 2.45) is 0 Å². The largest absolute Gasteiger partial charge is 0.478 e. The predicted molar refractivity (Wildman–Crippen MR) is 141 cm³/mol. The highest BCUT2D eigenvalue weighted by Gasteiger charge is 2.38. The van der Waals surface area contributed by atoms with Crippen LogP contribution in [0.5, 0.6) is 0 Å². The molecule has 1 aliphatic rings. The third-order valence-electron chi connectivity index (χ3n) is 6.72. The fourth-order valence-corrected chi connectivity index (χ4v) is 4.66. The van der Waals surface area contributed by atoms with Crippen LogP contribution in [-0.2, 0) is 20.9 Å². The molecule has 8 nitrogen and oxygen atoms in total. The molecule has 0 saturated heterocycles. The molecule has 0 fully saturated rings. The lowest BCUT2D eigenvalue weighted by Gasteiger charge is -2.31. The highest BCUT2D eigenvalue weighted by Crippen LogP contribution is 2.41. The van der Waals surface area contributed by atoms with Crippen LogP contribution in [0.2, 0.25) is 0 Å². The number of esters is 1. The molecule has 1 aliphatic heterocycles. The first-order chi connectivity index (χ1) is 17.8. The fraction of sp³-hybridized carbons (Fsp3) is 0.276. The highest BCUT2D eigenvalue weighted by molar-refractivity contribution is 5.99. The number of aliphatic carboxylic acids is 1. The molecule has 0 amide bonds. The number of carbonyl (C=O) groups excluding carboxylic acids is 1. The van der Waals surface area contributed by atoms with E-state index in [1.54, 1.807) is 32.6 Å². The van der Waals surface area contributed by atoms with E-state index in [0.29, 0.717) is 17.0 Å². The Balaban J connectivity index is 1.62. The molecule has 0 spiro atoms. The molecule has 2 atom stereocenters. The minimum atomic E-state index is -1.09. The monoisotopic (exact) mass is 500 g/mol. The van der Waals surface area contributed by atoms with E-state index in [0.717, 1.165) is 12.2 Å². The van der Waals surface area contributed by atoms with Gasteiger partial charge in [-0.05, 0) is 45.0 Å². The normalized spacial score (nSPS) is 16.5. The van der Waals surface area contributed by atoms with Crippen LogP contribution in [0.4, 0.5) is 0 Å². The minimum Gasteiger partial charge on any atom is -0.478 e. The first-order valence-electron chi connectivity index (χ1n) is 12.2. The highest BCUT2D eigenvalue weighted by atomic mass is 16.5. The lowest BCUT2D eigenvalue weighted by Crippen LogP contribution is -2.36. The van der Waals surface area contributed by atoms with Crippen LogP contribution in [0, 0.1) is 0 Å². The predicted octanol–water partition coefficient (Wildman–Crippen LogP) is 4.26. The van der Waals surface area contributed by atoms with Crippen molar-refractivity contribution in [1.29, 1.82) is 0 Å². The topological polar surface area (TPSA) is 96.7 Å². The molecule has 2 aromatic carbocycles. The zero-order valence-electron chi connectivity index (χ0n) is 21.5. The number of rotatable bonds is 9. The zero-order chi connectivity index (χ0) is 26.5. The molecule has 0 radical (unpaired) electrons. The van der Waals surface area contributed by atoms with E-state index in [4.69, 9.17) is 4.74 Å². The van der Waals surface area contributed by atoms with E-state index in [1.165, 1.54) is 5.56 Å². The number of likely N-dealkylation sites (N-methyl/N-ethyl adjacent to an activating group) is 1. The Morgan fingerprint density at radius 1 is 1.08 bits per heavy atom. The van der Waals surface area contributed by atoms with Crippen molar-refractivity contribution in [1.82, 2.24) is 19.8 Å². The quantitative estimate of drug-likeness (QED) is 0.424. The molecule has 1 aromatic heterocycles. The van der Waals surface area contributed by atoms with Crippen molar-refractivity contribution in [3.63, 3.8) is 0 Å². The van der Waals surface area contributed by atoms with Gasteiger partial charge in [-0.15, -0.1) is 0 Å². The van der Waals surface area contributed by atoms with Crippen molar-refractivity contribution in [2.45, 2.75) is 39.3 Å². The second kappa shape index (κ2) is 11.3. The first kappa shape index (κ1) is 25.9. The summed E-state index contributed by atoms with van der Waals surface area (Å²) in [5, 5.41) is 13.3. The van der Waals surface area contributed by atoms with Gasteiger partial charge < -0.3 is 19.7 Å². The number of nitrogens with zero attached hydrogens (tertiary/aromatic N) is 3. The smallest absolute Gasteiger partial charge is 0.336 e. The maximum atomic E-state index is 13.6. The van der Waals surface area contributed by atoms with Gasteiger partial charge in [0, 0.05) is 36.4 Å². The van der Waals surface area contributed by atoms with Gasteiger partial charge in [0.05, 0.1) is 29.1 Å². The summed E-state index contributed by atoms with van der Waals surface area (Å²) in [4.78, 5) is 32.3. The summed E-state index contributed by atoms with van der Waals surface area (Å²) in [6.07, 6.45) is 5.09. The summed E-state index contributed by atoms with van der Waals surface area (Å²) in [7, 11) is 1.98. The third-order valence-corrected chi connectivity index (χ3v) is 6.72. The number of benzene rings is 2. The van der Waals surface area contributed by atoms with E-state index >= 15 is 0 Å². The number of nitrogens with one attached hydrogen (secondary N) is 1. The van der Waals surface area contributed by atoms with Gasteiger partial charge in [-0.2, -0.15) is 0 Å². The average Bonchev–Trinajstić information content (AvgIpc) is 3.42. The van der Waals surface area contributed by atoms with E-state index in [-0.39, 0.29) is 23.8 Å². The molecule has 2 heterocycles. The zero-order valence-corrected chi connectivity index (χ0v) is 21.5. The number of allylic oxidation sites excluding steroid dienone is 2. The molecule has 2 unspecified atom stereocenters. The summed E-state index contributed by atoms with van der Waals surface area (Å²) in [5.41, 5.74) is 4.05. The van der Waals surface area contributed by atoms with Gasteiger partial charge in [0.1, 0.15) is 6.61 Å². The van der Waals surface area contributed by atoms with Crippen LogP contribution in [0.25, 0.3) is 5.69 Å². The summed E-state index contributed by atoms with van der Waals surface area (Å²) in [5.74, 6) is -2.45. The van der Waals surface area contributed by atoms with Gasteiger partial charge in [0.2, 0.25) is 0 Å². The number of ether oxygens (including phenoxy) is 1. The Morgan fingerprint density at radius 2 is 1.76 bits per heavy atom. The Morgan fingerprint density at radius 3 is 2.43 bits per heavy atom. The van der Waals surface area contributed by atoms with Gasteiger partial charge in [-0.1, -0.05) is 48.5 Å². The van der Waals surface area contributed by atoms with Gasteiger partial charge in [-0.3, -0.25) is 4.90 Å². The number of aromatic nitrogens is 2. The fourth-order valence-electron chi connectivity index (χ4n) is 4.66. The number of para-hydroxylation sites is 1. The molecular weight excluding hydrogens is 468 g/mol. The molecule has 0 saturated carbocycles. The summed E-state index contributed by atoms with van der Waals surface area (Å²) < 4.78 is 7.62. The molecule has 3 aromatic rings. The van der Waals surface area contributed by atoms with Gasteiger partial charge in [0.15, 0.2) is 0 Å². The van der Waals surface area contributed by atoms with Crippen molar-refractivity contribution >= 4 is 11.9 Å². The van der Waals surface area contributed by atoms with Gasteiger partial charge >= 0.3 is 11.9 Å². The van der Waals surface area contributed by atoms with E-state index < -0.39 is 17.9 Å². The molecule has 0 aliphatic carbocycles. The number of hydrogen-bond donors (Lipinski definition) is 2. The SMILES string of the molecule is CC1=C(C(=O)O)C(c2ccccc2-n2ccnc2)C(C(=O)OCC(C)N(C)Cc2ccccc2)=C(C)N1. The number of hydrogen-bond acceptors (Lipinski definition) is 6. The molecule has 2 N–H and O–H groups in total. The van der Waals surface area contributed by atoms with Crippen LogP contribution in [0.3, 0.4) is 0 Å². The second-order valence-corrected chi connectivity index (χ2v) is 9.32. The van der Waals surface area contributed by atoms with Gasteiger partial charge in [0.25, 0.3) is 0 Å². The van der Waals surface area contributed by atoms with Crippen molar-refractivity contribution in [2.75, 3.05) is 13.7 Å². The number of dihydropyridines is 1. The second-order valence-electron chi connectivity index (χ2n) is 9.32. The van der Waals surface area contributed by atoms with Crippen molar-refractivity contribution < 1.29 is 19.4 Å². The van der Waals surface area contributed by atoms with E-state index in [1.807, 2.05) is 61.0 Å². The van der Waals surface area contributed by atoms with Crippen LogP contribution in [0.15, 0.2) is 95.9 Å². The summed E-state index contributed by atoms with van der Waals surface area (Å²) >= 11 is 0. The third kappa shape index (κ3) is 5.65. The Bertz CT molecular complexity index is 1330. The van der Waals surface area contributed by atoms with Crippen LogP contribution >= 0.6 is 0 Å². The minimum absolute atomic E-state index is 0.0467. The molecule has 0 bridgehead atoms. The van der Waals surface area contributed by atoms with Gasteiger partial charge in [-0.25, -0.2) is 14.6 Å². The van der Waals surface area contributed by atoms with E-state index in [9.17, 15) is 14.7 Å². The molecular formula is C29H32N4O4. The molecule has 192 valence electrons. The summed E-state index contributed by atoms with van der Waals surface area (Å²) in [6.45, 7) is 6.36. The Hall–Kier alpha value is -4.17. The average molecular weight is 501 g/mol. The first-order valence-corrected chi connectivity index (χ1v) is 12.2. The summed E-state index contributed by atoms with van der Waals surface area (Å²) in [6, 6.07) is 17.5. The van der Waals surface area contributed by atoms with Crippen LogP contribution < -0.4 is 5.32 Å².